The average molecular weight is 379 g/mol. The van der Waals surface area contributed by atoms with Gasteiger partial charge in [0.2, 0.25) is 0 Å². The number of nitrogens with zero attached hydrogens (tertiary/aromatic N) is 1. The van der Waals surface area contributed by atoms with Crippen molar-refractivity contribution in [3.05, 3.63) is 60.2 Å². The van der Waals surface area contributed by atoms with Gasteiger partial charge >= 0.3 is 7.12 Å². The molecule has 3 aliphatic heterocycles. The molecular formula is C21H22BNO5. The lowest BCUT2D eigenvalue weighted by Crippen LogP contribution is -2.53. The molecule has 2 aromatic carbocycles. The number of para-hydroxylation sites is 1. The van der Waals surface area contributed by atoms with E-state index in [1.54, 1.807) is 0 Å². The molecular weight excluding hydrogens is 357 g/mol. The normalized spacial score (nSPS) is 31.1. The predicted molar refractivity (Wildman–Crippen MR) is 105 cm³/mol. The molecule has 5 rings (SSSR count). The molecule has 7 heteroatoms. The van der Waals surface area contributed by atoms with Crippen molar-refractivity contribution in [2.24, 2.45) is 4.99 Å². The van der Waals surface area contributed by atoms with Gasteiger partial charge in [0.05, 0.1) is 12.3 Å². The Morgan fingerprint density at radius 3 is 2.75 bits per heavy atom. The summed E-state index contributed by atoms with van der Waals surface area (Å²) in [6, 6.07) is 17.9. The van der Waals surface area contributed by atoms with Crippen molar-refractivity contribution in [1.29, 1.82) is 0 Å². The summed E-state index contributed by atoms with van der Waals surface area (Å²) in [7, 11) is -0.471. The number of fused-ring (bicyclic) bond motifs is 3. The van der Waals surface area contributed by atoms with Gasteiger partial charge in [-0.3, -0.25) is 4.99 Å². The zero-order valence-electron chi connectivity index (χ0n) is 15.9. The Morgan fingerprint density at radius 1 is 1.04 bits per heavy atom. The van der Waals surface area contributed by atoms with E-state index >= 15 is 0 Å². The summed E-state index contributed by atoms with van der Waals surface area (Å²) in [4.78, 5) is 4.51. The second-order valence-corrected chi connectivity index (χ2v) is 7.67. The van der Waals surface area contributed by atoms with Crippen molar-refractivity contribution in [3.8, 4) is 0 Å². The molecule has 4 atom stereocenters. The van der Waals surface area contributed by atoms with Crippen LogP contribution in [0.1, 0.15) is 19.4 Å². The minimum absolute atomic E-state index is 0.176. The quantitative estimate of drug-likeness (QED) is 0.606. The van der Waals surface area contributed by atoms with E-state index in [0.717, 1.165) is 16.7 Å². The van der Waals surface area contributed by atoms with Crippen LogP contribution in [-0.4, -0.2) is 50.3 Å². The summed E-state index contributed by atoms with van der Waals surface area (Å²) >= 11 is 0. The minimum Gasteiger partial charge on any atom is -0.404 e. The van der Waals surface area contributed by atoms with Crippen LogP contribution >= 0.6 is 0 Å². The zero-order valence-corrected chi connectivity index (χ0v) is 15.9. The van der Waals surface area contributed by atoms with Gasteiger partial charge in [0.15, 0.2) is 12.1 Å². The molecule has 0 saturated carbocycles. The van der Waals surface area contributed by atoms with E-state index in [2.05, 4.69) is 4.99 Å². The predicted octanol–water partition coefficient (Wildman–Crippen LogP) is 2.42. The summed E-state index contributed by atoms with van der Waals surface area (Å²) < 4.78 is 29.8. The maximum Gasteiger partial charge on any atom is 0.494 e. The van der Waals surface area contributed by atoms with Crippen LogP contribution in [0.4, 0.5) is 5.69 Å². The Bertz CT molecular complexity index is 874. The van der Waals surface area contributed by atoms with Crippen LogP contribution in [0.3, 0.4) is 0 Å². The van der Waals surface area contributed by atoms with E-state index in [9.17, 15) is 0 Å². The molecule has 3 saturated heterocycles. The van der Waals surface area contributed by atoms with Crippen LogP contribution in [0.25, 0.3) is 0 Å². The second kappa shape index (κ2) is 7.10. The van der Waals surface area contributed by atoms with Gasteiger partial charge in [-0.1, -0.05) is 42.5 Å². The van der Waals surface area contributed by atoms with E-state index in [1.807, 2.05) is 74.7 Å². The Kier molecular flexibility index (Phi) is 4.57. The lowest BCUT2D eigenvalue weighted by Gasteiger charge is -2.32. The van der Waals surface area contributed by atoms with E-state index in [1.165, 1.54) is 0 Å². The number of benzene rings is 2. The molecule has 0 aromatic heterocycles. The monoisotopic (exact) mass is 379 g/mol. The third-order valence-corrected chi connectivity index (χ3v) is 5.08. The molecule has 28 heavy (non-hydrogen) atoms. The van der Waals surface area contributed by atoms with Gasteiger partial charge < -0.3 is 23.5 Å². The fourth-order valence-electron chi connectivity index (χ4n) is 3.83. The second-order valence-electron chi connectivity index (χ2n) is 7.67. The number of ether oxygens (including phenoxy) is 3. The van der Waals surface area contributed by atoms with Crippen LogP contribution in [0.2, 0.25) is 0 Å². The van der Waals surface area contributed by atoms with E-state index < -0.39 is 19.2 Å². The van der Waals surface area contributed by atoms with Crippen LogP contribution < -0.4 is 5.46 Å². The molecule has 2 aromatic rings. The van der Waals surface area contributed by atoms with Crippen molar-refractivity contribution in [2.45, 2.75) is 44.2 Å². The van der Waals surface area contributed by atoms with Gasteiger partial charge in [-0.2, -0.15) is 0 Å². The summed E-state index contributed by atoms with van der Waals surface area (Å²) in [5, 5.41) is 0. The standard InChI is InChI=1S/C21H22BNO5/c1-21(2)26-19-18-17(25-20(19)27-21)13-24-22(28-18)15-8-6-7-14(11-15)12-23-16-9-4-3-5-10-16/h3-12,17-20H,13H2,1-2H3/t17-,18+,19-,20-/m1/s1. The first kappa shape index (κ1) is 18.0. The van der Waals surface area contributed by atoms with Crippen LogP contribution in [0, 0.1) is 0 Å². The van der Waals surface area contributed by atoms with Crippen LogP contribution in [-0.2, 0) is 23.5 Å². The lowest BCUT2D eigenvalue weighted by atomic mass is 9.76. The van der Waals surface area contributed by atoms with Gasteiger partial charge in [0.25, 0.3) is 0 Å². The molecule has 0 bridgehead atoms. The highest BCUT2D eigenvalue weighted by Crippen LogP contribution is 2.40. The highest BCUT2D eigenvalue weighted by molar-refractivity contribution is 6.61. The third kappa shape index (κ3) is 3.52. The van der Waals surface area contributed by atoms with Crippen molar-refractivity contribution in [3.63, 3.8) is 0 Å². The van der Waals surface area contributed by atoms with Crippen molar-refractivity contribution < 1.29 is 23.5 Å². The van der Waals surface area contributed by atoms with Crippen molar-refractivity contribution >= 4 is 24.5 Å². The average Bonchev–Trinajstić information content (AvgIpc) is 3.18. The Labute approximate surface area is 164 Å². The Balaban J connectivity index is 1.31. The molecule has 3 aliphatic rings. The molecule has 0 N–H and O–H groups in total. The molecule has 0 radical (unpaired) electrons. The van der Waals surface area contributed by atoms with E-state index in [0.29, 0.717) is 6.61 Å². The SMILES string of the molecule is CC1(C)O[C@H]2O[C@@H]3COB(c4cccc(C=Nc5ccccc5)c4)O[C@@H]3[C@H]2O1. The fraction of sp³-hybridized carbons (Fsp3) is 0.381. The highest BCUT2D eigenvalue weighted by atomic mass is 16.8. The molecule has 6 nitrogen and oxygen atoms in total. The largest absolute Gasteiger partial charge is 0.494 e. The summed E-state index contributed by atoms with van der Waals surface area (Å²) in [6.07, 6.45) is 0.804. The van der Waals surface area contributed by atoms with Gasteiger partial charge in [0, 0.05) is 6.21 Å². The first-order valence-corrected chi connectivity index (χ1v) is 9.55. The molecule has 144 valence electrons. The molecule has 0 aliphatic carbocycles. The first-order chi connectivity index (χ1) is 13.6. The van der Waals surface area contributed by atoms with Crippen molar-refractivity contribution in [2.75, 3.05) is 6.61 Å². The smallest absolute Gasteiger partial charge is 0.404 e. The minimum atomic E-state index is -0.661. The number of hydrogen-bond acceptors (Lipinski definition) is 6. The summed E-state index contributed by atoms with van der Waals surface area (Å²) in [5.41, 5.74) is 2.84. The Morgan fingerprint density at radius 2 is 1.89 bits per heavy atom. The summed E-state index contributed by atoms with van der Waals surface area (Å²) in [5.74, 6) is -0.661. The highest BCUT2D eigenvalue weighted by Gasteiger charge is 2.57. The van der Waals surface area contributed by atoms with Gasteiger partial charge in [-0.25, -0.2) is 0 Å². The van der Waals surface area contributed by atoms with Gasteiger partial charge in [-0.15, -0.1) is 0 Å². The topological polar surface area (TPSA) is 58.5 Å². The van der Waals surface area contributed by atoms with Gasteiger partial charge in [-0.05, 0) is 37.0 Å². The number of hydrogen-bond donors (Lipinski definition) is 0. The third-order valence-electron chi connectivity index (χ3n) is 5.08. The summed E-state index contributed by atoms with van der Waals surface area (Å²) in [6.45, 7) is 4.21. The van der Waals surface area contributed by atoms with Crippen molar-refractivity contribution in [1.82, 2.24) is 0 Å². The zero-order chi connectivity index (χ0) is 19.1. The maximum atomic E-state index is 6.22. The number of aliphatic imine (C=N–C) groups is 1. The Hall–Kier alpha value is -2.03. The first-order valence-electron chi connectivity index (χ1n) is 9.55. The maximum absolute atomic E-state index is 6.22. The van der Waals surface area contributed by atoms with Crippen LogP contribution in [0.5, 0.6) is 0 Å². The molecule has 3 fully saturated rings. The van der Waals surface area contributed by atoms with Crippen LogP contribution in [0.15, 0.2) is 59.6 Å². The molecule has 3 heterocycles. The molecule has 0 amide bonds. The fourth-order valence-corrected chi connectivity index (χ4v) is 3.83. The lowest BCUT2D eigenvalue weighted by molar-refractivity contribution is -0.221. The van der Waals surface area contributed by atoms with Gasteiger partial charge in [0.1, 0.15) is 18.3 Å². The number of rotatable bonds is 3. The molecule has 0 unspecified atom stereocenters. The van der Waals surface area contributed by atoms with E-state index in [-0.39, 0.29) is 18.3 Å². The molecule has 0 spiro atoms. The van der Waals surface area contributed by atoms with E-state index in [4.69, 9.17) is 23.5 Å².